The Balaban J connectivity index is 2.10. The maximum atomic E-state index is 5.88. The molecule has 0 saturated heterocycles. The second-order valence-electron chi connectivity index (χ2n) is 3.73. The van der Waals surface area contributed by atoms with E-state index in [0.717, 1.165) is 22.8 Å². The summed E-state index contributed by atoms with van der Waals surface area (Å²) in [4.78, 5) is 4.14. The smallest absolute Gasteiger partial charge is 0.169 e. The highest BCUT2D eigenvalue weighted by Crippen LogP contribution is 2.22. The highest BCUT2D eigenvalue weighted by Gasteiger charge is 2.03. The van der Waals surface area contributed by atoms with Crippen molar-refractivity contribution in [3.63, 3.8) is 0 Å². The van der Waals surface area contributed by atoms with Gasteiger partial charge in [0, 0.05) is 7.05 Å². The van der Waals surface area contributed by atoms with Crippen LogP contribution in [0.25, 0.3) is 0 Å². The fourth-order valence-corrected chi connectivity index (χ4v) is 1.56. The molecule has 1 aromatic carbocycles. The van der Waals surface area contributed by atoms with Gasteiger partial charge in [-0.15, -0.1) is 0 Å². The summed E-state index contributed by atoms with van der Waals surface area (Å²) >= 11 is 0. The number of hydrogen-bond acceptors (Lipinski definition) is 4. The van der Waals surface area contributed by atoms with Gasteiger partial charge in [-0.3, -0.25) is 4.68 Å². The normalized spacial score (nSPS) is 10.4. The average Bonchev–Trinajstić information content (AvgIpc) is 2.63. The molecule has 0 amide bonds. The SMILES string of the molecule is Cc1cccc(N)c1NCc1ncn(C)n1. The molecule has 0 spiro atoms. The molecule has 0 aliphatic carbocycles. The summed E-state index contributed by atoms with van der Waals surface area (Å²) in [6.45, 7) is 2.60. The van der Waals surface area contributed by atoms with Crippen molar-refractivity contribution >= 4 is 11.4 Å². The molecule has 0 radical (unpaired) electrons. The van der Waals surface area contributed by atoms with Crippen molar-refractivity contribution in [1.82, 2.24) is 14.8 Å². The third-order valence-electron chi connectivity index (χ3n) is 2.38. The van der Waals surface area contributed by atoms with Crippen LogP contribution < -0.4 is 11.1 Å². The van der Waals surface area contributed by atoms with Crippen LogP contribution in [0.4, 0.5) is 11.4 Å². The number of aromatic nitrogens is 3. The van der Waals surface area contributed by atoms with Gasteiger partial charge in [-0.05, 0) is 18.6 Å². The molecular formula is C11H15N5. The summed E-state index contributed by atoms with van der Waals surface area (Å²) < 4.78 is 1.68. The summed E-state index contributed by atoms with van der Waals surface area (Å²) in [5.41, 5.74) is 8.70. The predicted octanol–water partition coefficient (Wildman–Crippen LogP) is 1.32. The topological polar surface area (TPSA) is 68.8 Å². The molecule has 0 fully saturated rings. The molecule has 2 rings (SSSR count). The van der Waals surface area contributed by atoms with Crippen LogP contribution in [-0.4, -0.2) is 14.8 Å². The van der Waals surface area contributed by atoms with Gasteiger partial charge >= 0.3 is 0 Å². The van der Waals surface area contributed by atoms with E-state index in [2.05, 4.69) is 15.4 Å². The van der Waals surface area contributed by atoms with Gasteiger partial charge in [-0.1, -0.05) is 12.1 Å². The van der Waals surface area contributed by atoms with Crippen molar-refractivity contribution in [3.05, 3.63) is 35.9 Å². The third kappa shape index (κ3) is 2.13. The van der Waals surface area contributed by atoms with Crippen LogP contribution in [0.15, 0.2) is 24.5 Å². The van der Waals surface area contributed by atoms with Crippen LogP contribution in [0.3, 0.4) is 0 Å². The van der Waals surface area contributed by atoms with E-state index >= 15 is 0 Å². The summed E-state index contributed by atoms with van der Waals surface area (Å²) in [6, 6.07) is 5.83. The van der Waals surface area contributed by atoms with Gasteiger partial charge < -0.3 is 11.1 Å². The molecule has 2 aromatic rings. The van der Waals surface area contributed by atoms with Crippen molar-refractivity contribution in [2.75, 3.05) is 11.1 Å². The zero-order chi connectivity index (χ0) is 11.5. The van der Waals surface area contributed by atoms with Crippen LogP contribution in [0.5, 0.6) is 0 Å². The molecule has 0 atom stereocenters. The van der Waals surface area contributed by atoms with Crippen molar-refractivity contribution in [2.24, 2.45) is 7.05 Å². The first-order chi connectivity index (χ1) is 7.66. The standard InChI is InChI=1S/C11H15N5/c1-8-4-3-5-9(12)11(8)13-6-10-14-7-16(2)15-10/h3-5,7,13H,6,12H2,1-2H3. The number of nitrogen functional groups attached to an aromatic ring is 1. The fraction of sp³-hybridized carbons (Fsp3) is 0.273. The Kier molecular flexibility index (Phi) is 2.76. The number of nitrogens with two attached hydrogens (primary N) is 1. The van der Waals surface area contributed by atoms with Crippen LogP contribution in [-0.2, 0) is 13.6 Å². The minimum Gasteiger partial charge on any atom is -0.397 e. The lowest BCUT2D eigenvalue weighted by molar-refractivity contribution is 0.747. The maximum Gasteiger partial charge on any atom is 0.169 e. The molecule has 0 aliphatic rings. The fourth-order valence-electron chi connectivity index (χ4n) is 1.56. The molecule has 1 aromatic heterocycles. The summed E-state index contributed by atoms with van der Waals surface area (Å²) in [5.74, 6) is 0.755. The van der Waals surface area contributed by atoms with Crippen LogP contribution in [0, 0.1) is 6.92 Å². The quantitative estimate of drug-likeness (QED) is 0.761. The molecule has 0 saturated carbocycles. The summed E-state index contributed by atoms with van der Waals surface area (Å²) in [6.07, 6.45) is 1.68. The summed E-state index contributed by atoms with van der Waals surface area (Å²) in [7, 11) is 1.85. The van der Waals surface area contributed by atoms with E-state index < -0.39 is 0 Å². The predicted molar refractivity (Wildman–Crippen MR) is 63.9 cm³/mol. The molecule has 1 heterocycles. The Morgan fingerprint density at radius 2 is 2.25 bits per heavy atom. The number of para-hydroxylation sites is 1. The number of aryl methyl sites for hydroxylation is 2. The van der Waals surface area contributed by atoms with E-state index in [4.69, 9.17) is 5.73 Å². The minimum atomic E-state index is 0.579. The van der Waals surface area contributed by atoms with E-state index in [1.165, 1.54) is 0 Å². The van der Waals surface area contributed by atoms with Gasteiger partial charge in [0.1, 0.15) is 6.33 Å². The van der Waals surface area contributed by atoms with E-state index in [1.54, 1.807) is 11.0 Å². The van der Waals surface area contributed by atoms with E-state index in [9.17, 15) is 0 Å². The van der Waals surface area contributed by atoms with Crippen LogP contribution in [0.1, 0.15) is 11.4 Å². The zero-order valence-corrected chi connectivity index (χ0v) is 9.44. The highest BCUT2D eigenvalue weighted by atomic mass is 15.3. The Morgan fingerprint density at radius 1 is 1.44 bits per heavy atom. The van der Waals surface area contributed by atoms with Gasteiger partial charge in [0.2, 0.25) is 0 Å². The number of nitrogens with one attached hydrogen (secondary N) is 1. The molecule has 84 valence electrons. The Labute approximate surface area is 94.3 Å². The molecule has 0 unspecified atom stereocenters. The number of benzene rings is 1. The molecule has 0 bridgehead atoms. The van der Waals surface area contributed by atoms with Crippen molar-refractivity contribution in [3.8, 4) is 0 Å². The minimum absolute atomic E-state index is 0.579. The molecule has 5 nitrogen and oxygen atoms in total. The largest absolute Gasteiger partial charge is 0.397 e. The van der Waals surface area contributed by atoms with Crippen LogP contribution in [0.2, 0.25) is 0 Å². The van der Waals surface area contributed by atoms with Gasteiger partial charge in [0.25, 0.3) is 0 Å². The van der Waals surface area contributed by atoms with Crippen molar-refractivity contribution in [2.45, 2.75) is 13.5 Å². The van der Waals surface area contributed by atoms with Gasteiger partial charge in [-0.25, -0.2) is 4.98 Å². The lowest BCUT2D eigenvalue weighted by Crippen LogP contribution is -2.05. The number of hydrogen-bond donors (Lipinski definition) is 2. The van der Waals surface area contributed by atoms with E-state index in [1.807, 2.05) is 32.2 Å². The Hall–Kier alpha value is -2.04. The number of anilines is 2. The first-order valence-electron chi connectivity index (χ1n) is 5.10. The molecule has 16 heavy (non-hydrogen) atoms. The number of rotatable bonds is 3. The highest BCUT2D eigenvalue weighted by molar-refractivity contribution is 5.69. The lowest BCUT2D eigenvalue weighted by atomic mass is 10.1. The van der Waals surface area contributed by atoms with Crippen LogP contribution >= 0.6 is 0 Å². The molecule has 5 heteroatoms. The Morgan fingerprint density at radius 3 is 2.88 bits per heavy atom. The van der Waals surface area contributed by atoms with Gasteiger partial charge in [0.05, 0.1) is 17.9 Å². The lowest BCUT2D eigenvalue weighted by Gasteiger charge is -2.10. The van der Waals surface area contributed by atoms with E-state index in [-0.39, 0.29) is 0 Å². The number of nitrogens with zero attached hydrogens (tertiary/aromatic N) is 3. The second kappa shape index (κ2) is 4.22. The van der Waals surface area contributed by atoms with E-state index in [0.29, 0.717) is 6.54 Å². The molecule has 3 N–H and O–H groups in total. The first kappa shape index (κ1) is 10.5. The maximum absolute atomic E-state index is 5.88. The van der Waals surface area contributed by atoms with Crippen molar-refractivity contribution in [1.29, 1.82) is 0 Å². The average molecular weight is 217 g/mol. The second-order valence-corrected chi connectivity index (χ2v) is 3.73. The zero-order valence-electron chi connectivity index (χ0n) is 9.44. The van der Waals surface area contributed by atoms with Gasteiger partial charge in [0.15, 0.2) is 5.82 Å². The summed E-state index contributed by atoms with van der Waals surface area (Å²) in [5, 5.41) is 7.43. The third-order valence-corrected chi connectivity index (χ3v) is 2.38. The molecular weight excluding hydrogens is 202 g/mol. The molecule has 0 aliphatic heterocycles. The Bertz CT molecular complexity index is 469. The monoisotopic (exact) mass is 217 g/mol. The first-order valence-corrected chi connectivity index (χ1v) is 5.10. The van der Waals surface area contributed by atoms with Gasteiger partial charge in [-0.2, -0.15) is 5.10 Å². The van der Waals surface area contributed by atoms with Crippen molar-refractivity contribution < 1.29 is 0 Å².